The molecule has 0 unspecified atom stereocenters. The van der Waals surface area contributed by atoms with Gasteiger partial charge in [0.25, 0.3) is 5.91 Å². The highest BCUT2D eigenvalue weighted by molar-refractivity contribution is 6.05. The van der Waals surface area contributed by atoms with Crippen LogP contribution in [0.4, 0.5) is 5.69 Å². The van der Waals surface area contributed by atoms with Crippen molar-refractivity contribution in [3.8, 4) is 0 Å². The number of amides is 2. The first-order chi connectivity index (χ1) is 9.99. The monoisotopic (exact) mass is 286 g/mol. The first-order valence-corrected chi connectivity index (χ1v) is 6.67. The Bertz CT molecular complexity index is 657. The summed E-state index contributed by atoms with van der Waals surface area (Å²) in [5.41, 5.74) is 2.10. The molecule has 0 aliphatic carbocycles. The molecule has 0 spiro atoms. The largest absolute Gasteiger partial charge is 0.466 e. The second-order valence-corrected chi connectivity index (χ2v) is 4.83. The third-order valence-electron chi connectivity index (χ3n) is 3.14. The molecular formula is C16H18N2O3. The van der Waals surface area contributed by atoms with Crippen molar-refractivity contribution < 1.29 is 14.0 Å². The number of benzene rings is 1. The van der Waals surface area contributed by atoms with Gasteiger partial charge < -0.3 is 15.1 Å². The molecule has 0 atom stereocenters. The fourth-order valence-corrected chi connectivity index (χ4v) is 2.03. The van der Waals surface area contributed by atoms with Crippen molar-refractivity contribution in [3.05, 3.63) is 53.0 Å². The molecule has 1 heterocycles. The standard InChI is InChI=1S/C16H18N2O3/c1-10-8-14(11(2)21-10)16(20)18-13-6-4-12(5-7-13)9-15(19)17-3/h4-8H,9H2,1-3H3,(H,17,19)(H,18,20). The maximum Gasteiger partial charge on any atom is 0.259 e. The highest BCUT2D eigenvalue weighted by Gasteiger charge is 2.13. The van der Waals surface area contributed by atoms with Crippen LogP contribution in [0.25, 0.3) is 0 Å². The summed E-state index contributed by atoms with van der Waals surface area (Å²) in [6.45, 7) is 3.56. The Morgan fingerprint density at radius 1 is 1.14 bits per heavy atom. The van der Waals surface area contributed by atoms with E-state index in [2.05, 4.69) is 10.6 Å². The average Bonchev–Trinajstić information content (AvgIpc) is 2.80. The molecule has 21 heavy (non-hydrogen) atoms. The van der Waals surface area contributed by atoms with E-state index in [4.69, 9.17) is 4.42 Å². The fraction of sp³-hybridized carbons (Fsp3) is 0.250. The lowest BCUT2D eigenvalue weighted by atomic mass is 10.1. The average molecular weight is 286 g/mol. The van der Waals surface area contributed by atoms with Crippen molar-refractivity contribution in [1.29, 1.82) is 0 Å². The van der Waals surface area contributed by atoms with E-state index in [0.29, 0.717) is 29.2 Å². The summed E-state index contributed by atoms with van der Waals surface area (Å²) in [6, 6.07) is 8.90. The molecule has 2 rings (SSSR count). The number of carbonyl (C=O) groups excluding carboxylic acids is 2. The second kappa shape index (κ2) is 6.26. The van der Waals surface area contributed by atoms with Crippen LogP contribution in [-0.4, -0.2) is 18.9 Å². The smallest absolute Gasteiger partial charge is 0.259 e. The molecule has 5 nitrogen and oxygen atoms in total. The van der Waals surface area contributed by atoms with E-state index in [1.807, 2.05) is 12.1 Å². The number of hydrogen-bond donors (Lipinski definition) is 2. The van der Waals surface area contributed by atoms with Gasteiger partial charge in [-0.1, -0.05) is 12.1 Å². The number of aryl methyl sites for hydroxylation is 2. The van der Waals surface area contributed by atoms with E-state index in [-0.39, 0.29) is 11.8 Å². The van der Waals surface area contributed by atoms with E-state index >= 15 is 0 Å². The Morgan fingerprint density at radius 3 is 2.33 bits per heavy atom. The van der Waals surface area contributed by atoms with Gasteiger partial charge in [0, 0.05) is 12.7 Å². The lowest BCUT2D eigenvalue weighted by molar-refractivity contribution is -0.119. The normalized spacial score (nSPS) is 10.2. The van der Waals surface area contributed by atoms with Crippen molar-refractivity contribution in [3.63, 3.8) is 0 Å². The molecule has 1 aromatic heterocycles. The lowest BCUT2D eigenvalue weighted by Crippen LogP contribution is -2.19. The minimum absolute atomic E-state index is 0.0451. The van der Waals surface area contributed by atoms with Crippen molar-refractivity contribution in [2.24, 2.45) is 0 Å². The zero-order valence-corrected chi connectivity index (χ0v) is 12.3. The molecule has 0 bridgehead atoms. The van der Waals surface area contributed by atoms with Crippen molar-refractivity contribution >= 4 is 17.5 Å². The number of hydrogen-bond acceptors (Lipinski definition) is 3. The molecule has 0 fully saturated rings. The Balaban J connectivity index is 2.05. The number of likely N-dealkylation sites (N-methyl/N-ethyl adjacent to an activating group) is 1. The summed E-state index contributed by atoms with van der Waals surface area (Å²) in [4.78, 5) is 23.4. The van der Waals surface area contributed by atoms with Gasteiger partial charge in [-0.05, 0) is 37.6 Å². The first kappa shape index (κ1) is 14.8. The van der Waals surface area contributed by atoms with Crippen molar-refractivity contribution in [1.82, 2.24) is 5.32 Å². The number of anilines is 1. The SMILES string of the molecule is CNC(=O)Cc1ccc(NC(=O)c2cc(C)oc2C)cc1. The van der Waals surface area contributed by atoms with Gasteiger partial charge in [0.15, 0.2) is 0 Å². The minimum Gasteiger partial charge on any atom is -0.466 e. The molecule has 0 aliphatic heterocycles. The maximum atomic E-state index is 12.1. The molecule has 110 valence electrons. The van der Waals surface area contributed by atoms with E-state index in [0.717, 1.165) is 5.56 Å². The van der Waals surface area contributed by atoms with Crippen LogP contribution in [0, 0.1) is 13.8 Å². The minimum atomic E-state index is -0.205. The van der Waals surface area contributed by atoms with E-state index < -0.39 is 0 Å². The predicted octanol–water partition coefficient (Wildman–Crippen LogP) is 2.44. The number of rotatable bonds is 4. The molecular weight excluding hydrogens is 268 g/mol. The molecule has 2 N–H and O–H groups in total. The molecule has 1 aromatic carbocycles. The Hall–Kier alpha value is -2.56. The van der Waals surface area contributed by atoms with E-state index in [1.165, 1.54) is 0 Å². The van der Waals surface area contributed by atoms with Crippen molar-refractivity contribution in [2.45, 2.75) is 20.3 Å². The van der Waals surface area contributed by atoms with E-state index in [9.17, 15) is 9.59 Å². The van der Waals surface area contributed by atoms with Gasteiger partial charge in [-0.2, -0.15) is 0 Å². The zero-order valence-electron chi connectivity index (χ0n) is 12.3. The predicted molar refractivity (Wildman–Crippen MR) is 80.3 cm³/mol. The molecule has 5 heteroatoms. The summed E-state index contributed by atoms with van der Waals surface area (Å²) >= 11 is 0. The summed E-state index contributed by atoms with van der Waals surface area (Å²) in [5.74, 6) is 1.06. The van der Waals surface area contributed by atoms with Gasteiger partial charge in [-0.15, -0.1) is 0 Å². The fourth-order valence-electron chi connectivity index (χ4n) is 2.03. The number of nitrogens with one attached hydrogen (secondary N) is 2. The number of furan rings is 1. The highest BCUT2D eigenvalue weighted by atomic mass is 16.3. The second-order valence-electron chi connectivity index (χ2n) is 4.83. The number of carbonyl (C=O) groups is 2. The third kappa shape index (κ3) is 3.72. The Kier molecular flexibility index (Phi) is 4.42. The van der Waals surface area contributed by atoms with Crippen LogP contribution in [0.1, 0.15) is 27.4 Å². The van der Waals surface area contributed by atoms with Gasteiger partial charge in [0.2, 0.25) is 5.91 Å². The summed E-state index contributed by atoms with van der Waals surface area (Å²) in [5, 5.41) is 5.38. The van der Waals surface area contributed by atoms with Crippen molar-refractivity contribution in [2.75, 3.05) is 12.4 Å². The zero-order chi connectivity index (χ0) is 15.4. The molecule has 2 aromatic rings. The lowest BCUT2D eigenvalue weighted by Gasteiger charge is -2.06. The van der Waals surface area contributed by atoms with Crippen LogP contribution in [0.15, 0.2) is 34.7 Å². The maximum absolute atomic E-state index is 12.1. The van der Waals surface area contributed by atoms with Gasteiger partial charge >= 0.3 is 0 Å². The Labute approximate surface area is 123 Å². The van der Waals surface area contributed by atoms with Gasteiger partial charge in [0.05, 0.1) is 12.0 Å². The van der Waals surface area contributed by atoms with Gasteiger partial charge in [0.1, 0.15) is 11.5 Å². The van der Waals surface area contributed by atoms with Crippen LogP contribution >= 0.6 is 0 Å². The van der Waals surface area contributed by atoms with Crippen LogP contribution in [0.3, 0.4) is 0 Å². The quantitative estimate of drug-likeness (QED) is 0.906. The molecule has 0 saturated heterocycles. The van der Waals surface area contributed by atoms with Crippen LogP contribution in [0.2, 0.25) is 0 Å². The summed E-state index contributed by atoms with van der Waals surface area (Å²) in [6.07, 6.45) is 0.324. The van der Waals surface area contributed by atoms with Crippen LogP contribution < -0.4 is 10.6 Å². The summed E-state index contributed by atoms with van der Waals surface area (Å²) < 4.78 is 5.34. The molecule has 0 aliphatic rings. The highest BCUT2D eigenvalue weighted by Crippen LogP contribution is 2.16. The first-order valence-electron chi connectivity index (χ1n) is 6.67. The van der Waals surface area contributed by atoms with Gasteiger partial charge in [-0.3, -0.25) is 9.59 Å². The summed E-state index contributed by atoms with van der Waals surface area (Å²) in [7, 11) is 1.60. The van der Waals surface area contributed by atoms with Crippen LogP contribution in [0.5, 0.6) is 0 Å². The molecule has 0 saturated carbocycles. The van der Waals surface area contributed by atoms with Gasteiger partial charge in [-0.25, -0.2) is 0 Å². The Morgan fingerprint density at radius 2 is 1.81 bits per heavy atom. The van der Waals surface area contributed by atoms with E-state index in [1.54, 1.807) is 39.1 Å². The van der Waals surface area contributed by atoms with Crippen LogP contribution in [-0.2, 0) is 11.2 Å². The topological polar surface area (TPSA) is 71.3 Å². The molecule has 2 amide bonds. The third-order valence-corrected chi connectivity index (χ3v) is 3.14. The molecule has 0 radical (unpaired) electrons.